The molecule has 0 bridgehead atoms. The third-order valence-corrected chi connectivity index (χ3v) is 5.89. The van der Waals surface area contributed by atoms with Crippen LogP contribution in [0, 0.1) is 0 Å². The molecule has 0 radical (unpaired) electrons. The molecule has 2 saturated heterocycles. The maximum atomic E-state index is 12.5. The minimum Gasteiger partial charge on any atom is -0.339 e. The highest BCUT2D eigenvalue weighted by atomic mass is 32.2. The highest BCUT2D eigenvalue weighted by Crippen LogP contribution is 2.48. The zero-order valence-corrected chi connectivity index (χ0v) is 11.7. The lowest BCUT2D eigenvalue weighted by molar-refractivity contribution is -0.139. The molecule has 3 fully saturated rings. The predicted molar refractivity (Wildman–Crippen MR) is 71.4 cm³/mol. The summed E-state index contributed by atoms with van der Waals surface area (Å²) in [7, 11) is 0. The number of carbonyl (C=O) groups is 2. The Labute approximate surface area is 112 Å². The Morgan fingerprint density at radius 3 is 2.78 bits per heavy atom. The van der Waals surface area contributed by atoms with E-state index in [1.54, 1.807) is 4.90 Å². The number of hydrogen-bond acceptors (Lipinski definition) is 3. The van der Waals surface area contributed by atoms with Crippen molar-refractivity contribution in [2.75, 3.05) is 25.9 Å². The van der Waals surface area contributed by atoms with Crippen LogP contribution in [0.1, 0.15) is 32.1 Å². The summed E-state index contributed by atoms with van der Waals surface area (Å²) in [5, 5.41) is 0. The molecule has 0 aromatic heterocycles. The summed E-state index contributed by atoms with van der Waals surface area (Å²) in [4.78, 5) is 28.3. The van der Waals surface area contributed by atoms with Crippen LogP contribution in [0.5, 0.6) is 0 Å². The van der Waals surface area contributed by atoms with E-state index in [2.05, 4.69) is 6.26 Å². The Balaban J connectivity index is 1.75. The fourth-order valence-electron chi connectivity index (χ4n) is 3.09. The van der Waals surface area contributed by atoms with Gasteiger partial charge in [-0.2, -0.15) is 11.8 Å². The minimum absolute atomic E-state index is 0.155. The van der Waals surface area contributed by atoms with E-state index in [0.717, 1.165) is 25.9 Å². The standard InChI is InChI=1S/C13H20N2O2S/c1-18-13(5-6-13)9-14-8-4-11(16)15-7-2-3-10(15)12(14)17/h10H,2-9H2,1H3. The van der Waals surface area contributed by atoms with Gasteiger partial charge >= 0.3 is 0 Å². The van der Waals surface area contributed by atoms with Gasteiger partial charge in [-0.1, -0.05) is 0 Å². The topological polar surface area (TPSA) is 40.6 Å². The van der Waals surface area contributed by atoms with Gasteiger partial charge in [-0.05, 0) is 31.9 Å². The third-order valence-electron chi connectivity index (χ3n) is 4.49. The van der Waals surface area contributed by atoms with Crippen LogP contribution in [0.3, 0.4) is 0 Å². The normalized spacial score (nSPS) is 30.4. The van der Waals surface area contributed by atoms with Crippen molar-refractivity contribution in [2.24, 2.45) is 0 Å². The van der Waals surface area contributed by atoms with Crippen molar-refractivity contribution in [1.82, 2.24) is 9.80 Å². The van der Waals surface area contributed by atoms with Gasteiger partial charge < -0.3 is 9.80 Å². The average molecular weight is 268 g/mol. The Kier molecular flexibility index (Phi) is 3.04. The summed E-state index contributed by atoms with van der Waals surface area (Å²) in [5.74, 6) is 0.362. The van der Waals surface area contributed by atoms with Crippen molar-refractivity contribution in [3.8, 4) is 0 Å². The molecule has 2 heterocycles. The Morgan fingerprint density at radius 2 is 2.11 bits per heavy atom. The fourth-order valence-corrected chi connectivity index (χ4v) is 3.88. The third kappa shape index (κ3) is 2.02. The number of fused-ring (bicyclic) bond motifs is 1. The Bertz CT molecular complexity index is 381. The molecule has 100 valence electrons. The first-order valence-corrected chi connectivity index (χ1v) is 8.01. The zero-order chi connectivity index (χ0) is 12.8. The smallest absolute Gasteiger partial charge is 0.245 e. The van der Waals surface area contributed by atoms with Crippen LogP contribution in [0.25, 0.3) is 0 Å². The number of nitrogens with zero attached hydrogens (tertiary/aromatic N) is 2. The van der Waals surface area contributed by atoms with E-state index in [1.807, 2.05) is 16.7 Å². The summed E-state index contributed by atoms with van der Waals surface area (Å²) in [6.45, 7) is 2.23. The van der Waals surface area contributed by atoms with E-state index in [4.69, 9.17) is 0 Å². The van der Waals surface area contributed by atoms with Crippen molar-refractivity contribution in [3.63, 3.8) is 0 Å². The van der Waals surface area contributed by atoms with Crippen molar-refractivity contribution < 1.29 is 9.59 Å². The molecule has 1 atom stereocenters. The lowest BCUT2D eigenvalue weighted by Gasteiger charge is -2.28. The molecule has 1 aliphatic carbocycles. The van der Waals surface area contributed by atoms with Gasteiger partial charge in [0.1, 0.15) is 6.04 Å². The molecule has 18 heavy (non-hydrogen) atoms. The van der Waals surface area contributed by atoms with E-state index in [-0.39, 0.29) is 17.9 Å². The maximum absolute atomic E-state index is 12.5. The van der Waals surface area contributed by atoms with E-state index in [0.29, 0.717) is 17.7 Å². The quantitative estimate of drug-likeness (QED) is 0.770. The minimum atomic E-state index is -0.155. The van der Waals surface area contributed by atoms with Crippen LogP contribution in [-0.2, 0) is 9.59 Å². The average Bonchev–Trinajstić information content (AvgIpc) is 3.00. The van der Waals surface area contributed by atoms with Gasteiger partial charge in [-0.25, -0.2) is 0 Å². The molecule has 2 aliphatic heterocycles. The molecule has 0 spiro atoms. The number of thioether (sulfide) groups is 1. The second kappa shape index (κ2) is 4.44. The van der Waals surface area contributed by atoms with Gasteiger partial charge in [0.25, 0.3) is 0 Å². The van der Waals surface area contributed by atoms with E-state index in [1.165, 1.54) is 12.8 Å². The van der Waals surface area contributed by atoms with Crippen LogP contribution in [0.2, 0.25) is 0 Å². The summed E-state index contributed by atoms with van der Waals surface area (Å²) in [6.07, 6.45) is 6.88. The van der Waals surface area contributed by atoms with Gasteiger partial charge in [0.15, 0.2) is 0 Å². The summed E-state index contributed by atoms with van der Waals surface area (Å²) in [6, 6.07) is -0.155. The molecule has 1 unspecified atom stereocenters. The second-order valence-corrected chi connectivity index (χ2v) is 6.92. The molecule has 0 aromatic carbocycles. The molecule has 1 saturated carbocycles. The predicted octanol–water partition coefficient (Wildman–Crippen LogP) is 1.11. The first kappa shape index (κ1) is 12.3. The lowest BCUT2D eigenvalue weighted by Crippen LogP contribution is -2.45. The summed E-state index contributed by atoms with van der Waals surface area (Å²) < 4.78 is 0.298. The molecule has 0 N–H and O–H groups in total. The van der Waals surface area contributed by atoms with Crippen molar-refractivity contribution in [2.45, 2.75) is 42.9 Å². The zero-order valence-electron chi connectivity index (χ0n) is 10.9. The number of hydrogen-bond donors (Lipinski definition) is 0. The first-order valence-electron chi connectivity index (χ1n) is 6.79. The first-order chi connectivity index (χ1) is 8.65. The van der Waals surface area contributed by atoms with Crippen LogP contribution < -0.4 is 0 Å². The molecule has 5 heteroatoms. The highest BCUT2D eigenvalue weighted by Gasteiger charge is 2.47. The molecule has 0 aromatic rings. The van der Waals surface area contributed by atoms with Crippen LogP contribution in [0.4, 0.5) is 0 Å². The van der Waals surface area contributed by atoms with Crippen molar-refractivity contribution >= 4 is 23.6 Å². The largest absolute Gasteiger partial charge is 0.339 e. The van der Waals surface area contributed by atoms with Gasteiger partial charge in [-0.15, -0.1) is 0 Å². The van der Waals surface area contributed by atoms with Crippen molar-refractivity contribution in [1.29, 1.82) is 0 Å². The summed E-state index contributed by atoms with van der Waals surface area (Å²) in [5.41, 5.74) is 0. The van der Waals surface area contributed by atoms with Gasteiger partial charge in [0.2, 0.25) is 11.8 Å². The Morgan fingerprint density at radius 1 is 1.33 bits per heavy atom. The van der Waals surface area contributed by atoms with Crippen molar-refractivity contribution in [3.05, 3.63) is 0 Å². The van der Waals surface area contributed by atoms with Crippen LogP contribution in [0.15, 0.2) is 0 Å². The van der Waals surface area contributed by atoms with Crippen LogP contribution >= 0.6 is 11.8 Å². The molecule has 4 nitrogen and oxygen atoms in total. The summed E-state index contributed by atoms with van der Waals surface area (Å²) >= 11 is 1.87. The van der Waals surface area contributed by atoms with Gasteiger partial charge in [0, 0.05) is 30.8 Å². The molecule has 2 amide bonds. The molecule has 3 aliphatic rings. The Hall–Kier alpha value is -0.710. The van der Waals surface area contributed by atoms with E-state index < -0.39 is 0 Å². The monoisotopic (exact) mass is 268 g/mol. The molecular formula is C13H20N2O2S. The number of carbonyl (C=O) groups excluding carboxylic acids is 2. The second-order valence-electron chi connectivity index (χ2n) is 5.64. The molecular weight excluding hydrogens is 248 g/mol. The lowest BCUT2D eigenvalue weighted by atomic mass is 10.2. The van der Waals surface area contributed by atoms with Gasteiger partial charge in [-0.3, -0.25) is 9.59 Å². The van der Waals surface area contributed by atoms with Gasteiger partial charge in [0.05, 0.1) is 0 Å². The SMILES string of the molecule is CSC1(CN2CCC(=O)N3CCCC3C2=O)CC1. The number of amides is 2. The fraction of sp³-hybridized carbons (Fsp3) is 0.846. The molecule has 3 rings (SSSR count). The van der Waals surface area contributed by atoms with E-state index >= 15 is 0 Å². The van der Waals surface area contributed by atoms with Crippen LogP contribution in [-0.4, -0.2) is 58.3 Å². The highest BCUT2D eigenvalue weighted by molar-refractivity contribution is 8.00. The number of rotatable bonds is 3. The van der Waals surface area contributed by atoms with E-state index in [9.17, 15) is 9.59 Å². The maximum Gasteiger partial charge on any atom is 0.245 e.